The zero-order valence-corrected chi connectivity index (χ0v) is 10.7. The fourth-order valence-corrected chi connectivity index (χ4v) is 2.79. The van der Waals surface area contributed by atoms with E-state index >= 15 is 0 Å². The summed E-state index contributed by atoms with van der Waals surface area (Å²) in [5, 5.41) is 10.1. The van der Waals surface area contributed by atoms with Gasteiger partial charge in [0, 0.05) is 18.8 Å². The van der Waals surface area contributed by atoms with Gasteiger partial charge in [0.15, 0.2) is 0 Å². The summed E-state index contributed by atoms with van der Waals surface area (Å²) in [5.41, 5.74) is 6.10. The Labute approximate surface area is 97.9 Å². The summed E-state index contributed by atoms with van der Waals surface area (Å²) >= 11 is 0. The minimum absolute atomic E-state index is 0.495. The van der Waals surface area contributed by atoms with Gasteiger partial charge in [-0.05, 0) is 62.8 Å². The smallest absolute Gasteiger partial charge is 0.122 e. The van der Waals surface area contributed by atoms with Crippen molar-refractivity contribution in [2.24, 2.45) is 0 Å². The average Bonchev–Trinajstić information content (AvgIpc) is 2.32. The highest BCUT2D eigenvalue weighted by molar-refractivity contribution is 5.69. The Morgan fingerprint density at radius 3 is 2.44 bits per heavy atom. The molecule has 0 spiro atoms. The van der Waals surface area contributed by atoms with Crippen molar-refractivity contribution in [1.82, 2.24) is 0 Å². The van der Waals surface area contributed by atoms with E-state index in [1.165, 1.54) is 23.2 Å². The van der Waals surface area contributed by atoms with Gasteiger partial charge in [-0.3, -0.25) is 0 Å². The highest BCUT2D eigenvalue weighted by Crippen LogP contribution is 2.40. The SMILES string of the molecule is CCN1CCCc2c(C)c(O)c(C)c(C)c21. The van der Waals surface area contributed by atoms with E-state index in [0.29, 0.717) is 5.75 Å². The molecule has 0 unspecified atom stereocenters. The first kappa shape index (κ1) is 11.3. The lowest BCUT2D eigenvalue weighted by atomic mass is 9.90. The molecule has 1 heterocycles. The van der Waals surface area contributed by atoms with Crippen molar-refractivity contribution >= 4 is 5.69 Å². The molecule has 1 aromatic carbocycles. The second kappa shape index (κ2) is 4.00. The molecule has 0 saturated heterocycles. The minimum Gasteiger partial charge on any atom is -0.507 e. The van der Waals surface area contributed by atoms with E-state index in [1.54, 1.807) is 0 Å². The molecule has 0 bridgehead atoms. The predicted octanol–water partition coefficient (Wildman–Crippen LogP) is 3.09. The van der Waals surface area contributed by atoms with Crippen molar-refractivity contribution in [2.45, 2.75) is 40.5 Å². The van der Waals surface area contributed by atoms with Crippen molar-refractivity contribution in [3.63, 3.8) is 0 Å². The number of rotatable bonds is 1. The highest BCUT2D eigenvalue weighted by Gasteiger charge is 2.23. The molecule has 1 N–H and O–H groups in total. The Morgan fingerprint density at radius 2 is 1.81 bits per heavy atom. The summed E-state index contributed by atoms with van der Waals surface area (Å²) in [7, 11) is 0. The number of aromatic hydroxyl groups is 1. The van der Waals surface area contributed by atoms with E-state index in [4.69, 9.17) is 0 Å². The molecule has 88 valence electrons. The molecule has 2 heteroatoms. The van der Waals surface area contributed by atoms with E-state index in [0.717, 1.165) is 30.6 Å². The van der Waals surface area contributed by atoms with E-state index in [9.17, 15) is 5.11 Å². The molecule has 0 fully saturated rings. The van der Waals surface area contributed by atoms with Crippen LogP contribution in [0.4, 0.5) is 5.69 Å². The first-order valence-corrected chi connectivity index (χ1v) is 6.14. The molecule has 2 rings (SSSR count). The van der Waals surface area contributed by atoms with Crippen LogP contribution in [0.25, 0.3) is 0 Å². The largest absolute Gasteiger partial charge is 0.507 e. The zero-order valence-electron chi connectivity index (χ0n) is 10.7. The van der Waals surface area contributed by atoms with Gasteiger partial charge in [-0.1, -0.05) is 0 Å². The van der Waals surface area contributed by atoms with Crippen LogP contribution in [-0.2, 0) is 6.42 Å². The first-order chi connectivity index (χ1) is 7.57. The number of hydrogen-bond acceptors (Lipinski definition) is 2. The van der Waals surface area contributed by atoms with Crippen molar-refractivity contribution in [1.29, 1.82) is 0 Å². The van der Waals surface area contributed by atoms with Gasteiger partial charge in [0.2, 0.25) is 0 Å². The number of fused-ring (bicyclic) bond motifs is 1. The highest BCUT2D eigenvalue weighted by atomic mass is 16.3. The third-order valence-corrected chi connectivity index (χ3v) is 3.92. The van der Waals surface area contributed by atoms with Crippen LogP contribution >= 0.6 is 0 Å². The molecule has 0 radical (unpaired) electrons. The summed E-state index contributed by atoms with van der Waals surface area (Å²) in [5.74, 6) is 0.495. The maximum absolute atomic E-state index is 10.1. The second-order valence-electron chi connectivity index (χ2n) is 4.73. The van der Waals surface area contributed by atoms with Crippen LogP contribution in [0.15, 0.2) is 0 Å². The Morgan fingerprint density at radius 1 is 1.12 bits per heavy atom. The van der Waals surface area contributed by atoms with Crippen molar-refractivity contribution in [3.05, 3.63) is 22.3 Å². The van der Waals surface area contributed by atoms with Gasteiger partial charge in [-0.15, -0.1) is 0 Å². The number of phenols is 1. The molecule has 1 aliphatic rings. The molecule has 0 atom stereocenters. The van der Waals surface area contributed by atoms with Crippen LogP contribution in [0.3, 0.4) is 0 Å². The van der Waals surface area contributed by atoms with E-state index in [2.05, 4.69) is 18.7 Å². The maximum atomic E-state index is 10.1. The van der Waals surface area contributed by atoms with Crippen molar-refractivity contribution < 1.29 is 5.11 Å². The first-order valence-electron chi connectivity index (χ1n) is 6.14. The van der Waals surface area contributed by atoms with Gasteiger partial charge in [0.1, 0.15) is 5.75 Å². The maximum Gasteiger partial charge on any atom is 0.122 e. The van der Waals surface area contributed by atoms with Crippen LogP contribution in [0.2, 0.25) is 0 Å². The number of hydrogen-bond donors (Lipinski definition) is 1. The monoisotopic (exact) mass is 219 g/mol. The van der Waals surface area contributed by atoms with Gasteiger partial charge in [-0.2, -0.15) is 0 Å². The quantitative estimate of drug-likeness (QED) is 0.784. The van der Waals surface area contributed by atoms with Crippen LogP contribution < -0.4 is 4.90 Å². The Bertz CT molecular complexity index is 423. The summed E-state index contributed by atoms with van der Waals surface area (Å²) in [4.78, 5) is 2.44. The number of nitrogens with zero attached hydrogens (tertiary/aromatic N) is 1. The number of benzene rings is 1. The van der Waals surface area contributed by atoms with Gasteiger partial charge in [0.25, 0.3) is 0 Å². The molecule has 1 aliphatic heterocycles. The molecule has 0 aliphatic carbocycles. The van der Waals surface area contributed by atoms with Crippen LogP contribution in [-0.4, -0.2) is 18.2 Å². The van der Waals surface area contributed by atoms with Crippen molar-refractivity contribution in [2.75, 3.05) is 18.0 Å². The second-order valence-corrected chi connectivity index (χ2v) is 4.73. The third kappa shape index (κ3) is 1.48. The molecule has 0 amide bonds. The lowest BCUT2D eigenvalue weighted by Crippen LogP contribution is -2.30. The lowest BCUT2D eigenvalue weighted by Gasteiger charge is -2.34. The van der Waals surface area contributed by atoms with Crippen molar-refractivity contribution in [3.8, 4) is 5.75 Å². The minimum atomic E-state index is 0.495. The molecule has 0 saturated carbocycles. The van der Waals surface area contributed by atoms with Gasteiger partial charge in [-0.25, -0.2) is 0 Å². The Balaban J connectivity index is 2.70. The van der Waals surface area contributed by atoms with E-state index in [-0.39, 0.29) is 0 Å². The zero-order chi connectivity index (χ0) is 11.9. The van der Waals surface area contributed by atoms with E-state index < -0.39 is 0 Å². The van der Waals surface area contributed by atoms with Gasteiger partial charge in [0.05, 0.1) is 0 Å². The molecule has 2 nitrogen and oxygen atoms in total. The fourth-order valence-electron chi connectivity index (χ4n) is 2.79. The standard InChI is InChI=1S/C14H21NO/c1-5-15-8-6-7-12-11(4)14(16)10(3)9(2)13(12)15/h16H,5-8H2,1-4H3. The normalized spacial score (nSPS) is 15.1. The fraction of sp³-hybridized carbons (Fsp3) is 0.571. The average molecular weight is 219 g/mol. The lowest BCUT2D eigenvalue weighted by molar-refractivity contribution is 0.464. The number of anilines is 1. The Kier molecular flexibility index (Phi) is 2.83. The van der Waals surface area contributed by atoms with Gasteiger partial charge < -0.3 is 10.0 Å². The van der Waals surface area contributed by atoms with Crippen LogP contribution in [0, 0.1) is 20.8 Å². The van der Waals surface area contributed by atoms with Crippen LogP contribution in [0.1, 0.15) is 35.6 Å². The molecular formula is C14H21NO. The molecule has 16 heavy (non-hydrogen) atoms. The van der Waals surface area contributed by atoms with Crippen LogP contribution in [0.5, 0.6) is 5.75 Å². The molecule has 0 aromatic heterocycles. The summed E-state index contributed by atoms with van der Waals surface area (Å²) in [6.07, 6.45) is 2.30. The summed E-state index contributed by atoms with van der Waals surface area (Å²) < 4.78 is 0. The Hall–Kier alpha value is -1.18. The van der Waals surface area contributed by atoms with E-state index in [1.807, 2.05) is 13.8 Å². The third-order valence-electron chi connectivity index (χ3n) is 3.92. The molecule has 1 aromatic rings. The topological polar surface area (TPSA) is 23.5 Å². The summed E-state index contributed by atoms with van der Waals surface area (Å²) in [6.45, 7) is 10.6. The summed E-state index contributed by atoms with van der Waals surface area (Å²) in [6, 6.07) is 0. The number of phenolic OH excluding ortho intramolecular Hbond substituents is 1. The molecular weight excluding hydrogens is 198 g/mol. The van der Waals surface area contributed by atoms with Gasteiger partial charge >= 0.3 is 0 Å². The predicted molar refractivity (Wildman–Crippen MR) is 68.5 cm³/mol.